The molecule has 162 valence electrons. The molecule has 2 heterocycles. The molecule has 0 aliphatic rings. The van der Waals surface area contributed by atoms with Gasteiger partial charge in [-0.3, -0.25) is 4.98 Å². The Balaban J connectivity index is 1.74. The van der Waals surface area contributed by atoms with Gasteiger partial charge in [-0.15, -0.1) is 0 Å². The number of aromatic nitrogens is 2. The van der Waals surface area contributed by atoms with E-state index in [9.17, 15) is 0 Å². The van der Waals surface area contributed by atoms with Gasteiger partial charge in [-0.25, -0.2) is 4.98 Å². The van der Waals surface area contributed by atoms with Crippen LogP contribution in [0.2, 0.25) is 0 Å². The van der Waals surface area contributed by atoms with Crippen LogP contribution in [-0.2, 0) is 10.8 Å². The minimum atomic E-state index is 0.0402. The summed E-state index contributed by atoms with van der Waals surface area (Å²) in [5.41, 5.74) is 9.10. The van der Waals surface area contributed by atoms with Crippen LogP contribution in [-0.4, -0.2) is 9.97 Å². The SMILES string of the molecule is CC(C)(C)c1ccnc(-c2ccc(-c3cc(C(C)(C)C)cc(-c4ccccc4)n3)cc2)c1. The Hall–Kier alpha value is -3.26. The Bertz CT molecular complexity index is 1210. The highest BCUT2D eigenvalue weighted by Crippen LogP contribution is 2.32. The van der Waals surface area contributed by atoms with Crippen molar-refractivity contribution in [2.75, 3.05) is 0 Å². The van der Waals surface area contributed by atoms with Crippen molar-refractivity contribution in [3.05, 3.63) is 96.2 Å². The Morgan fingerprint density at radius 1 is 0.500 bits per heavy atom. The normalized spacial score (nSPS) is 12.1. The summed E-state index contributed by atoms with van der Waals surface area (Å²) in [6, 6.07) is 27.8. The smallest absolute Gasteiger partial charge is 0.0712 e. The van der Waals surface area contributed by atoms with E-state index in [4.69, 9.17) is 4.98 Å². The fourth-order valence-electron chi connectivity index (χ4n) is 3.73. The molecule has 0 fully saturated rings. The van der Waals surface area contributed by atoms with Crippen LogP contribution < -0.4 is 0 Å². The summed E-state index contributed by atoms with van der Waals surface area (Å²) >= 11 is 0. The first-order chi connectivity index (χ1) is 15.1. The summed E-state index contributed by atoms with van der Waals surface area (Å²) in [7, 11) is 0. The number of rotatable bonds is 3. The van der Waals surface area contributed by atoms with Crippen molar-refractivity contribution < 1.29 is 0 Å². The maximum atomic E-state index is 5.02. The lowest BCUT2D eigenvalue weighted by Gasteiger charge is -2.21. The molecule has 0 bridgehead atoms. The predicted octanol–water partition coefficient (Wildman–Crippen LogP) is 8.07. The fourth-order valence-corrected chi connectivity index (χ4v) is 3.73. The molecule has 0 radical (unpaired) electrons. The second-order valence-electron chi connectivity index (χ2n) is 10.5. The molecule has 0 amide bonds. The van der Waals surface area contributed by atoms with Crippen LogP contribution in [0.5, 0.6) is 0 Å². The molecule has 0 aliphatic carbocycles. The highest BCUT2D eigenvalue weighted by molar-refractivity contribution is 5.71. The minimum Gasteiger partial charge on any atom is -0.256 e. The van der Waals surface area contributed by atoms with E-state index in [1.165, 1.54) is 11.1 Å². The van der Waals surface area contributed by atoms with E-state index in [1.807, 2.05) is 12.3 Å². The Morgan fingerprint density at radius 2 is 0.969 bits per heavy atom. The van der Waals surface area contributed by atoms with Gasteiger partial charge in [-0.05, 0) is 46.2 Å². The van der Waals surface area contributed by atoms with Gasteiger partial charge in [0.25, 0.3) is 0 Å². The quantitative estimate of drug-likeness (QED) is 0.335. The van der Waals surface area contributed by atoms with E-state index in [-0.39, 0.29) is 10.8 Å². The summed E-state index contributed by atoms with van der Waals surface area (Å²) in [6.07, 6.45) is 1.91. The second kappa shape index (κ2) is 8.35. The van der Waals surface area contributed by atoms with Crippen molar-refractivity contribution in [1.29, 1.82) is 0 Å². The molecule has 4 aromatic rings. The first-order valence-electron chi connectivity index (χ1n) is 11.3. The Labute approximate surface area is 192 Å². The molecule has 0 spiro atoms. The number of hydrogen-bond donors (Lipinski definition) is 0. The van der Waals surface area contributed by atoms with E-state index >= 15 is 0 Å². The van der Waals surface area contributed by atoms with Crippen molar-refractivity contribution in [1.82, 2.24) is 9.97 Å². The van der Waals surface area contributed by atoms with Gasteiger partial charge in [-0.1, -0.05) is 96.1 Å². The van der Waals surface area contributed by atoms with Gasteiger partial charge >= 0.3 is 0 Å². The number of nitrogens with zero attached hydrogens (tertiary/aromatic N) is 2. The molecule has 2 aromatic carbocycles. The lowest BCUT2D eigenvalue weighted by molar-refractivity contribution is 0.589. The van der Waals surface area contributed by atoms with Crippen LogP contribution in [0.1, 0.15) is 52.7 Å². The lowest BCUT2D eigenvalue weighted by Crippen LogP contribution is -2.12. The van der Waals surface area contributed by atoms with Crippen molar-refractivity contribution >= 4 is 0 Å². The predicted molar refractivity (Wildman–Crippen MR) is 136 cm³/mol. The molecule has 0 unspecified atom stereocenters. The molecule has 0 saturated heterocycles. The van der Waals surface area contributed by atoms with E-state index < -0.39 is 0 Å². The third-order valence-corrected chi connectivity index (χ3v) is 5.86. The summed E-state index contributed by atoms with van der Waals surface area (Å²) < 4.78 is 0. The second-order valence-corrected chi connectivity index (χ2v) is 10.5. The fraction of sp³-hybridized carbons (Fsp3) is 0.267. The third kappa shape index (κ3) is 4.80. The Kier molecular flexibility index (Phi) is 5.73. The van der Waals surface area contributed by atoms with Crippen molar-refractivity contribution in [2.24, 2.45) is 0 Å². The Morgan fingerprint density at radius 3 is 1.50 bits per heavy atom. The van der Waals surface area contributed by atoms with Crippen LogP contribution >= 0.6 is 0 Å². The first kappa shape index (κ1) is 22.0. The average molecular weight is 421 g/mol. The average Bonchev–Trinajstić information content (AvgIpc) is 2.78. The minimum absolute atomic E-state index is 0.0402. The molecule has 0 saturated carbocycles. The first-order valence-corrected chi connectivity index (χ1v) is 11.3. The summed E-state index contributed by atoms with van der Waals surface area (Å²) in [5, 5.41) is 0. The molecular formula is C30H32N2. The monoisotopic (exact) mass is 420 g/mol. The molecule has 2 nitrogen and oxygen atoms in total. The van der Waals surface area contributed by atoms with Gasteiger partial charge in [0.15, 0.2) is 0 Å². The van der Waals surface area contributed by atoms with Crippen molar-refractivity contribution in [3.63, 3.8) is 0 Å². The largest absolute Gasteiger partial charge is 0.256 e. The highest BCUT2D eigenvalue weighted by atomic mass is 14.7. The van der Waals surface area contributed by atoms with Gasteiger partial charge in [0.2, 0.25) is 0 Å². The molecule has 0 atom stereocenters. The molecule has 0 aliphatic heterocycles. The van der Waals surface area contributed by atoms with E-state index in [1.54, 1.807) is 0 Å². The number of benzene rings is 2. The standard InChI is InChI=1S/C30H32N2/c1-29(2,3)24-16-17-31-26(18-24)22-12-14-23(15-13-22)28-20-25(30(4,5)6)19-27(32-28)21-10-8-7-9-11-21/h7-20H,1-6H3. The topological polar surface area (TPSA) is 25.8 Å². The van der Waals surface area contributed by atoms with E-state index in [0.717, 1.165) is 33.8 Å². The summed E-state index contributed by atoms with van der Waals surface area (Å²) in [5.74, 6) is 0. The van der Waals surface area contributed by atoms with E-state index in [0.29, 0.717) is 0 Å². The van der Waals surface area contributed by atoms with Crippen molar-refractivity contribution in [2.45, 2.75) is 52.4 Å². The number of hydrogen-bond acceptors (Lipinski definition) is 2. The maximum absolute atomic E-state index is 5.02. The van der Waals surface area contributed by atoms with E-state index in [2.05, 4.69) is 119 Å². The van der Waals surface area contributed by atoms with Gasteiger partial charge < -0.3 is 0 Å². The maximum Gasteiger partial charge on any atom is 0.0712 e. The van der Waals surface area contributed by atoms with Crippen LogP contribution in [0.4, 0.5) is 0 Å². The molecular weight excluding hydrogens is 388 g/mol. The highest BCUT2D eigenvalue weighted by Gasteiger charge is 2.18. The zero-order valence-electron chi connectivity index (χ0n) is 20.0. The van der Waals surface area contributed by atoms with Gasteiger partial charge in [0.05, 0.1) is 17.1 Å². The van der Waals surface area contributed by atoms with Crippen LogP contribution in [0.25, 0.3) is 33.8 Å². The van der Waals surface area contributed by atoms with Gasteiger partial charge in [-0.2, -0.15) is 0 Å². The van der Waals surface area contributed by atoms with Gasteiger partial charge in [0.1, 0.15) is 0 Å². The number of pyridine rings is 2. The molecule has 32 heavy (non-hydrogen) atoms. The van der Waals surface area contributed by atoms with Crippen LogP contribution in [0.3, 0.4) is 0 Å². The lowest BCUT2D eigenvalue weighted by atomic mass is 9.85. The zero-order valence-corrected chi connectivity index (χ0v) is 20.0. The van der Waals surface area contributed by atoms with Crippen LogP contribution in [0, 0.1) is 0 Å². The van der Waals surface area contributed by atoms with Crippen molar-refractivity contribution in [3.8, 4) is 33.8 Å². The molecule has 4 rings (SSSR count). The molecule has 0 N–H and O–H groups in total. The molecule has 2 aromatic heterocycles. The van der Waals surface area contributed by atoms with Gasteiger partial charge in [0, 0.05) is 22.9 Å². The zero-order chi connectivity index (χ0) is 22.9. The third-order valence-electron chi connectivity index (χ3n) is 5.86. The van der Waals surface area contributed by atoms with Crippen LogP contribution in [0.15, 0.2) is 85.1 Å². The summed E-state index contributed by atoms with van der Waals surface area (Å²) in [4.78, 5) is 9.63. The molecule has 2 heteroatoms. The summed E-state index contributed by atoms with van der Waals surface area (Å²) in [6.45, 7) is 13.4.